The van der Waals surface area contributed by atoms with Crippen LogP contribution in [0.4, 0.5) is 0 Å². The van der Waals surface area contributed by atoms with E-state index in [9.17, 15) is 14.4 Å². The van der Waals surface area contributed by atoms with Crippen molar-refractivity contribution in [2.24, 2.45) is 0 Å². The maximum atomic E-state index is 12.9. The standard InChI is InChI=1S/C71H116O6/c1-4-7-10-13-16-18-20-22-24-26-28-30-32-34-35-37-38-40-42-44-46-48-50-52-55-58-61-64-70(73)76-67-68(66-75-69(72)63-60-57-54-15-12-9-6-3)77-71(74)65-62-59-56-53-51-49-47-45-43-41-39-36-33-31-29-27-25-23-21-19-17-14-11-8-5-2/h7-8,10-11,16-19,22-25,28-31,34-36,38-40,68H,4-6,9,12-15,20-21,26-27,32-33,37,41-67H2,1-3H3/b10-7-,11-8-,18-16-,19-17-,24-22-,25-23-,30-28-,31-29-,35-34-,39-36-,40-38-. The van der Waals surface area contributed by atoms with Gasteiger partial charge in [0, 0.05) is 19.3 Å². The molecule has 0 aliphatic rings. The Kier molecular flexibility index (Phi) is 60.4. The molecule has 436 valence electrons. The average molecular weight is 1070 g/mol. The Balaban J connectivity index is 4.21. The van der Waals surface area contributed by atoms with E-state index >= 15 is 0 Å². The molecule has 0 spiro atoms. The summed E-state index contributed by atoms with van der Waals surface area (Å²) in [6.45, 7) is 6.36. The third-order valence-corrected chi connectivity index (χ3v) is 13.2. The number of unbranched alkanes of at least 4 members (excludes halogenated alkanes) is 23. The minimum atomic E-state index is -0.787. The van der Waals surface area contributed by atoms with Crippen molar-refractivity contribution in [3.8, 4) is 0 Å². The van der Waals surface area contributed by atoms with Crippen molar-refractivity contribution < 1.29 is 28.6 Å². The minimum Gasteiger partial charge on any atom is -0.462 e. The zero-order chi connectivity index (χ0) is 55.7. The second kappa shape index (κ2) is 64.1. The molecular formula is C71H116O6. The molecule has 1 atom stereocenters. The first kappa shape index (κ1) is 72.5. The summed E-state index contributed by atoms with van der Waals surface area (Å²) in [5, 5.41) is 0. The third-order valence-electron chi connectivity index (χ3n) is 13.2. The topological polar surface area (TPSA) is 78.9 Å². The smallest absolute Gasteiger partial charge is 0.306 e. The van der Waals surface area contributed by atoms with Crippen LogP contribution in [0.2, 0.25) is 0 Å². The number of ether oxygens (including phenoxy) is 3. The molecule has 0 radical (unpaired) electrons. The Hall–Kier alpha value is -4.45. The van der Waals surface area contributed by atoms with E-state index in [0.29, 0.717) is 19.3 Å². The van der Waals surface area contributed by atoms with Gasteiger partial charge in [-0.2, -0.15) is 0 Å². The van der Waals surface area contributed by atoms with Gasteiger partial charge in [-0.1, -0.05) is 276 Å². The third kappa shape index (κ3) is 62.3. The number of hydrogen-bond donors (Lipinski definition) is 0. The van der Waals surface area contributed by atoms with Crippen molar-refractivity contribution in [3.05, 3.63) is 134 Å². The normalized spacial score (nSPS) is 13.0. The molecule has 6 heteroatoms. The molecule has 0 saturated carbocycles. The lowest BCUT2D eigenvalue weighted by atomic mass is 10.1. The summed E-state index contributed by atoms with van der Waals surface area (Å²) >= 11 is 0. The van der Waals surface area contributed by atoms with Crippen LogP contribution in [-0.4, -0.2) is 37.2 Å². The van der Waals surface area contributed by atoms with E-state index < -0.39 is 6.10 Å². The van der Waals surface area contributed by atoms with Crippen LogP contribution in [0.25, 0.3) is 0 Å². The van der Waals surface area contributed by atoms with Crippen molar-refractivity contribution in [1.82, 2.24) is 0 Å². The molecule has 0 fully saturated rings. The van der Waals surface area contributed by atoms with E-state index in [1.165, 1.54) is 96.3 Å². The van der Waals surface area contributed by atoms with Gasteiger partial charge in [0.15, 0.2) is 6.10 Å². The number of allylic oxidation sites excluding steroid dienone is 22. The Bertz CT molecular complexity index is 1650. The lowest BCUT2D eigenvalue weighted by Gasteiger charge is -2.18. The van der Waals surface area contributed by atoms with Crippen molar-refractivity contribution in [2.75, 3.05) is 13.2 Å². The molecule has 6 nitrogen and oxygen atoms in total. The van der Waals surface area contributed by atoms with Crippen LogP contribution < -0.4 is 0 Å². The SMILES string of the molecule is CC/C=C\C/C=C\C/C=C\C/C=C\C/C=C\C/C=C\CCCCCCCCCCC(=O)OCC(COC(=O)CCCCCCCCC)OC(=O)CCCCCCCCCCC/C=C\C/C=C\C/C=C\C/C=C\C/C=C\CC. The highest BCUT2D eigenvalue weighted by Crippen LogP contribution is 2.15. The summed E-state index contributed by atoms with van der Waals surface area (Å²) in [4.78, 5) is 38.1. The van der Waals surface area contributed by atoms with Gasteiger partial charge in [0.25, 0.3) is 0 Å². The molecule has 0 heterocycles. The van der Waals surface area contributed by atoms with Gasteiger partial charge in [0.05, 0.1) is 0 Å². The van der Waals surface area contributed by atoms with Crippen LogP contribution >= 0.6 is 0 Å². The molecule has 0 amide bonds. The molecule has 0 aromatic heterocycles. The summed E-state index contributed by atoms with van der Waals surface area (Å²) in [6, 6.07) is 0. The number of carbonyl (C=O) groups is 3. The first-order valence-electron chi connectivity index (χ1n) is 31.7. The van der Waals surface area contributed by atoms with Crippen LogP contribution in [0, 0.1) is 0 Å². The van der Waals surface area contributed by atoms with E-state index in [4.69, 9.17) is 14.2 Å². The fraction of sp³-hybridized carbons (Fsp3) is 0.648. The molecular weight excluding hydrogens is 949 g/mol. The predicted octanol–water partition coefficient (Wildman–Crippen LogP) is 21.8. The number of rotatable bonds is 56. The zero-order valence-corrected chi connectivity index (χ0v) is 49.9. The fourth-order valence-electron chi connectivity index (χ4n) is 8.47. The predicted molar refractivity (Wildman–Crippen MR) is 334 cm³/mol. The monoisotopic (exact) mass is 1060 g/mol. The highest BCUT2D eigenvalue weighted by atomic mass is 16.6. The Morgan fingerprint density at radius 1 is 0.273 bits per heavy atom. The summed E-state index contributed by atoms with van der Waals surface area (Å²) in [6.07, 6.45) is 90.4. The van der Waals surface area contributed by atoms with Crippen molar-refractivity contribution in [2.45, 2.75) is 284 Å². The van der Waals surface area contributed by atoms with Gasteiger partial charge >= 0.3 is 17.9 Å². The van der Waals surface area contributed by atoms with Crippen LogP contribution in [0.5, 0.6) is 0 Å². The molecule has 0 rings (SSSR count). The lowest BCUT2D eigenvalue weighted by molar-refractivity contribution is -0.167. The summed E-state index contributed by atoms with van der Waals surface area (Å²) in [5.74, 6) is -0.906. The van der Waals surface area contributed by atoms with Gasteiger partial charge in [-0.3, -0.25) is 14.4 Å². The van der Waals surface area contributed by atoms with Crippen LogP contribution in [0.15, 0.2) is 134 Å². The van der Waals surface area contributed by atoms with E-state index in [0.717, 1.165) is 141 Å². The summed E-state index contributed by atoms with van der Waals surface area (Å²) in [5.41, 5.74) is 0. The highest BCUT2D eigenvalue weighted by molar-refractivity contribution is 5.71. The first-order chi connectivity index (χ1) is 38.0. The Morgan fingerprint density at radius 2 is 0.506 bits per heavy atom. The fourth-order valence-corrected chi connectivity index (χ4v) is 8.47. The number of hydrogen-bond acceptors (Lipinski definition) is 6. The second-order valence-corrected chi connectivity index (χ2v) is 20.6. The minimum absolute atomic E-state index is 0.0853. The maximum Gasteiger partial charge on any atom is 0.306 e. The average Bonchev–Trinajstić information content (AvgIpc) is 3.43. The van der Waals surface area contributed by atoms with Crippen molar-refractivity contribution in [1.29, 1.82) is 0 Å². The molecule has 0 bridgehead atoms. The molecule has 0 N–H and O–H groups in total. The largest absolute Gasteiger partial charge is 0.462 e. The molecule has 0 aromatic carbocycles. The van der Waals surface area contributed by atoms with Gasteiger partial charge < -0.3 is 14.2 Å². The molecule has 1 unspecified atom stereocenters. The zero-order valence-electron chi connectivity index (χ0n) is 49.9. The summed E-state index contributed by atoms with van der Waals surface area (Å²) < 4.78 is 16.8. The van der Waals surface area contributed by atoms with Gasteiger partial charge in [0.2, 0.25) is 0 Å². The highest BCUT2D eigenvalue weighted by Gasteiger charge is 2.19. The molecule has 0 saturated heterocycles. The van der Waals surface area contributed by atoms with Gasteiger partial charge in [0.1, 0.15) is 13.2 Å². The van der Waals surface area contributed by atoms with E-state index in [1.807, 2.05) is 0 Å². The van der Waals surface area contributed by atoms with Crippen molar-refractivity contribution >= 4 is 17.9 Å². The van der Waals surface area contributed by atoms with E-state index in [2.05, 4.69) is 154 Å². The maximum absolute atomic E-state index is 12.9. The molecule has 0 aliphatic carbocycles. The van der Waals surface area contributed by atoms with Crippen LogP contribution in [-0.2, 0) is 28.6 Å². The van der Waals surface area contributed by atoms with Gasteiger partial charge in [-0.25, -0.2) is 0 Å². The quantitative estimate of drug-likeness (QED) is 0.0261. The summed E-state index contributed by atoms with van der Waals surface area (Å²) in [7, 11) is 0. The van der Waals surface area contributed by atoms with E-state index in [-0.39, 0.29) is 31.1 Å². The van der Waals surface area contributed by atoms with Crippen LogP contribution in [0.1, 0.15) is 278 Å². The molecule has 0 aliphatic heterocycles. The van der Waals surface area contributed by atoms with Crippen molar-refractivity contribution in [3.63, 3.8) is 0 Å². The van der Waals surface area contributed by atoms with Gasteiger partial charge in [-0.15, -0.1) is 0 Å². The Labute approximate surface area is 475 Å². The lowest BCUT2D eigenvalue weighted by Crippen LogP contribution is -2.30. The molecule has 77 heavy (non-hydrogen) atoms. The number of carbonyl (C=O) groups excluding carboxylic acids is 3. The van der Waals surface area contributed by atoms with E-state index in [1.54, 1.807) is 0 Å². The molecule has 0 aromatic rings. The van der Waals surface area contributed by atoms with Gasteiger partial charge in [-0.05, 0) is 116 Å². The first-order valence-corrected chi connectivity index (χ1v) is 31.7. The Morgan fingerprint density at radius 3 is 0.792 bits per heavy atom. The van der Waals surface area contributed by atoms with Crippen LogP contribution in [0.3, 0.4) is 0 Å². The number of esters is 3. The second-order valence-electron chi connectivity index (χ2n) is 20.6.